The van der Waals surface area contributed by atoms with Crippen LogP contribution in [-0.2, 0) is 17.3 Å². The minimum Gasteiger partial charge on any atom is -0.504 e. The maximum absolute atomic E-state index is 9.78. The van der Waals surface area contributed by atoms with Gasteiger partial charge in [0.15, 0.2) is 5.75 Å². The molecule has 2 heteroatoms. The van der Waals surface area contributed by atoms with Crippen molar-refractivity contribution < 1.29 is 9.52 Å². The Labute approximate surface area is 127 Å². The van der Waals surface area contributed by atoms with Gasteiger partial charge in [0.2, 0.25) is 0 Å². The molecule has 0 saturated heterocycles. The summed E-state index contributed by atoms with van der Waals surface area (Å²) < 4.78 is 5.06. The van der Waals surface area contributed by atoms with E-state index >= 15 is 0 Å². The topological polar surface area (TPSA) is 33.4 Å². The van der Waals surface area contributed by atoms with Crippen LogP contribution in [0.3, 0.4) is 0 Å². The molecule has 1 heterocycles. The number of aromatic hydroxyl groups is 1. The third-order valence-electron chi connectivity index (χ3n) is 3.84. The van der Waals surface area contributed by atoms with Crippen LogP contribution in [0.15, 0.2) is 35.1 Å². The van der Waals surface area contributed by atoms with E-state index in [9.17, 15) is 5.11 Å². The molecule has 0 aliphatic rings. The van der Waals surface area contributed by atoms with Gasteiger partial charge in [-0.15, -0.1) is 0 Å². The highest BCUT2D eigenvalue weighted by atomic mass is 16.3. The third-order valence-corrected chi connectivity index (χ3v) is 3.84. The molecule has 1 aromatic heterocycles. The molecule has 2 rings (SSSR count). The predicted molar refractivity (Wildman–Crippen MR) is 87.0 cm³/mol. The first-order valence-electron chi connectivity index (χ1n) is 7.46. The monoisotopic (exact) mass is 286 g/mol. The molecular formula is C19H26O2. The van der Waals surface area contributed by atoms with Gasteiger partial charge in [-0.2, -0.15) is 0 Å². The Bertz CT molecular complexity index is 589. The van der Waals surface area contributed by atoms with Gasteiger partial charge in [0, 0.05) is 12.0 Å². The fraction of sp³-hybridized carbons (Fsp3) is 0.474. The van der Waals surface area contributed by atoms with E-state index in [0.29, 0.717) is 6.42 Å². The van der Waals surface area contributed by atoms with Crippen molar-refractivity contribution in [2.45, 2.75) is 58.8 Å². The van der Waals surface area contributed by atoms with Crippen molar-refractivity contribution in [1.82, 2.24) is 0 Å². The van der Waals surface area contributed by atoms with Crippen molar-refractivity contribution in [2.24, 2.45) is 0 Å². The van der Waals surface area contributed by atoms with Crippen LogP contribution in [0.4, 0.5) is 0 Å². The van der Waals surface area contributed by atoms with E-state index in [1.807, 2.05) is 0 Å². The Morgan fingerprint density at radius 2 is 1.38 bits per heavy atom. The molecule has 0 atom stereocenters. The standard InChI is InChI=1S/C19H26O2/c1-18(2,3)15-8-13(7-14-11-21-12-17(14)20)9-16(10-15)19(4,5)6/h8-12,20H,7H2,1-6H3. The van der Waals surface area contributed by atoms with Gasteiger partial charge in [0.05, 0.1) is 6.26 Å². The largest absolute Gasteiger partial charge is 0.504 e. The molecule has 2 aromatic rings. The Morgan fingerprint density at radius 1 is 0.857 bits per heavy atom. The van der Waals surface area contributed by atoms with Gasteiger partial charge in [-0.05, 0) is 27.5 Å². The predicted octanol–water partition coefficient (Wildman–Crippen LogP) is 5.17. The Hall–Kier alpha value is -1.70. The molecule has 0 aliphatic heterocycles. The van der Waals surface area contributed by atoms with Crippen LogP contribution >= 0.6 is 0 Å². The first-order chi connectivity index (χ1) is 9.57. The third kappa shape index (κ3) is 3.69. The van der Waals surface area contributed by atoms with E-state index in [2.05, 4.69) is 59.7 Å². The first-order valence-corrected chi connectivity index (χ1v) is 7.46. The van der Waals surface area contributed by atoms with E-state index in [1.165, 1.54) is 23.0 Å². The molecule has 1 aromatic carbocycles. The summed E-state index contributed by atoms with van der Waals surface area (Å²) in [4.78, 5) is 0. The average Bonchev–Trinajstić information content (AvgIpc) is 2.72. The molecule has 0 bridgehead atoms. The second-order valence-electron chi connectivity index (χ2n) is 7.88. The minimum absolute atomic E-state index is 0.106. The number of benzene rings is 1. The Balaban J connectivity index is 2.48. The van der Waals surface area contributed by atoms with Gasteiger partial charge in [-0.3, -0.25) is 0 Å². The van der Waals surface area contributed by atoms with Crippen molar-refractivity contribution in [2.75, 3.05) is 0 Å². The van der Waals surface area contributed by atoms with Crippen LogP contribution in [0.2, 0.25) is 0 Å². The second-order valence-corrected chi connectivity index (χ2v) is 7.88. The molecule has 0 fully saturated rings. The summed E-state index contributed by atoms with van der Waals surface area (Å²) in [5.41, 5.74) is 4.91. The zero-order valence-electron chi connectivity index (χ0n) is 13.9. The van der Waals surface area contributed by atoms with Gasteiger partial charge in [0.25, 0.3) is 0 Å². The van der Waals surface area contributed by atoms with E-state index in [4.69, 9.17) is 4.42 Å². The maximum Gasteiger partial charge on any atom is 0.157 e. The van der Waals surface area contributed by atoms with Crippen molar-refractivity contribution in [3.8, 4) is 5.75 Å². The Morgan fingerprint density at radius 3 is 1.76 bits per heavy atom. The lowest BCUT2D eigenvalue weighted by atomic mass is 9.79. The number of furan rings is 1. The first kappa shape index (κ1) is 15.7. The number of hydrogen-bond acceptors (Lipinski definition) is 2. The SMILES string of the molecule is CC(C)(C)c1cc(Cc2cocc2O)cc(C(C)(C)C)c1. The lowest BCUT2D eigenvalue weighted by Gasteiger charge is -2.26. The van der Waals surface area contributed by atoms with Crippen molar-refractivity contribution in [1.29, 1.82) is 0 Å². The summed E-state index contributed by atoms with van der Waals surface area (Å²) in [6.45, 7) is 13.4. The lowest BCUT2D eigenvalue weighted by Crippen LogP contribution is -2.17. The molecule has 2 nitrogen and oxygen atoms in total. The smallest absolute Gasteiger partial charge is 0.157 e. The number of hydrogen-bond donors (Lipinski definition) is 1. The summed E-state index contributed by atoms with van der Waals surface area (Å²) in [5, 5.41) is 9.78. The molecule has 0 aliphatic carbocycles. The maximum atomic E-state index is 9.78. The molecule has 0 saturated carbocycles. The van der Waals surface area contributed by atoms with Crippen LogP contribution in [0.1, 0.15) is 63.8 Å². The summed E-state index contributed by atoms with van der Waals surface area (Å²) in [6.07, 6.45) is 3.69. The average molecular weight is 286 g/mol. The van der Waals surface area contributed by atoms with E-state index < -0.39 is 0 Å². The minimum atomic E-state index is 0.106. The van der Waals surface area contributed by atoms with Crippen LogP contribution < -0.4 is 0 Å². The molecule has 1 N–H and O–H groups in total. The Kier molecular flexibility index (Phi) is 3.92. The van der Waals surface area contributed by atoms with Gasteiger partial charge >= 0.3 is 0 Å². The highest BCUT2D eigenvalue weighted by Gasteiger charge is 2.20. The fourth-order valence-corrected chi connectivity index (χ4v) is 2.33. The molecule has 0 radical (unpaired) electrons. The summed E-state index contributed by atoms with van der Waals surface area (Å²) in [5.74, 6) is 0.230. The van der Waals surface area contributed by atoms with Crippen molar-refractivity contribution >= 4 is 0 Å². The quantitative estimate of drug-likeness (QED) is 0.826. The van der Waals surface area contributed by atoms with Crippen molar-refractivity contribution in [3.05, 3.63) is 53.0 Å². The van der Waals surface area contributed by atoms with E-state index in [-0.39, 0.29) is 16.6 Å². The molecule has 0 amide bonds. The normalized spacial score (nSPS) is 12.7. The van der Waals surface area contributed by atoms with Crippen LogP contribution in [0.5, 0.6) is 5.75 Å². The van der Waals surface area contributed by atoms with Gasteiger partial charge in [0.1, 0.15) is 6.26 Å². The van der Waals surface area contributed by atoms with Gasteiger partial charge in [-0.1, -0.05) is 59.7 Å². The van der Waals surface area contributed by atoms with E-state index in [0.717, 1.165) is 5.56 Å². The van der Waals surface area contributed by atoms with Gasteiger partial charge < -0.3 is 9.52 Å². The fourth-order valence-electron chi connectivity index (χ4n) is 2.33. The molecule has 21 heavy (non-hydrogen) atoms. The number of rotatable bonds is 2. The van der Waals surface area contributed by atoms with Crippen LogP contribution in [0, 0.1) is 0 Å². The zero-order chi connectivity index (χ0) is 15.8. The molecule has 114 valence electrons. The van der Waals surface area contributed by atoms with Crippen LogP contribution in [0.25, 0.3) is 0 Å². The molecule has 0 spiro atoms. The summed E-state index contributed by atoms with van der Waals surface area (Å²) in [6, 6.07) is 6.78. The van der Waals surface area contributed by atoms with Gasteiger partial charge in [-0.25, -0.2) is 0 Å². The highest BCUT2D eigenvalue weighted by Crippen LogP contribution is 2.32. The second kappa shape index (κ2) is 5.25. The van der Waals surface area contributed by atoms with Crippen molar-refractivity contribution in [3.63, 3.8) is 0 Å². The molecular weight excluding hydrogens is 260 g/mol. The zero-order valence-corrected chi connectivity index (χ0v) is 13.9. The highest BCUT2D eigenvalue weighted by molar-refractivity contribution is 5.41. The summed E-state index contributed by atoms with van der Waals surface area (Å²) >= 11 is 0. The molecule has 0 unspecified atom stereocenters. The van der Waals surface area contributed by atoms with Crippen LogP contribution in [-0.4, -0.2) is 5.11 Å². The lowest BCUT2D eigenvalue weighted by molar-refractivity contribution is 0.456. The summed E-state index contributed by atoms with van der Waals surface area (Å²) in [7, 11) is 0. The van der Waals surface area contributed by atoms with E-state index in [1.54, 1.807) is 6.26 Å².